The topological polar surface area (TPSA) is 86.7 Å². The molecule has 0 atom stereocenters. The lowest BCUT2D eigenvalue weighted by Gasteiger charge is -2.26. The first kappa shape index (κ1) is 13.9. The number of hydrogen-bond donors (Lipinski definition) is 2. The summed E-state index contributed by atoms with van der Waals surface area (Å²) in [5.74, 6) is -2.44. The summed E-state index contributed by atoms with van der Waals surface area (Å²) in [5, 5.41) is 11.8. The molecule has 1 aliphatic rings. The molecule has 1 saturated heterocycles. The van der Waals surface area contributed by atoms with Crippen molar-refractivity contribution in [3.63, 3.8) is 0 Å². The van der Waals surface area contributed by atoms with E-state index in [4.69, 9.17) is 5.11 Å². The van der Waals surface area contributed by atoms with Crippen molar-refractivity contribution in [1.29, 1.82) is 0 Å². The zero-order chi connectivity index (χ0) is 14.0. The highest BCUT2D eigenvalue weighted by Crippen LogP contribution is 2.19. The van der Waals surface area contributed by atoms with Crippen molar-refractivity contribution in [3.05, 3.63) is 29.6 Å². The van der Waals surface area contributed by atoms with Crippen LogP contribution in [0.1, 0.15) is 10.4 Å². The molecule has 0 saturated carbocycles. The van der Waals surface area contributed by atoms with Gasteiger partial charge in [-0.25, -0.2) is 17.6 Å². The van der Waals surface area contributed by atoms with Crippen LogP contribution in [0.15, 0.2) is 23.1 Å². The normalized spacial score (nSPS) is 17.3. The first-order valence-corrected chi connectivity index (χ1v) is 7.10. The lowest BCUT2D eigenvalue weighted by molar-refractivity contribution is 0.0691. The van der Waals surface area contributed by atoms with E-state index >= 15 is 0 Å². The van der Waals surface area contributed by atoms with Crippen LogP contribution >= 0.6 is 0 Å². The first-order valence-electron chi connectivity index (χ1n) is 5.66. The maximum Gasteiger partial charge on any atom is 0.338 e. The molecule has 0 bridgehead atoms. The van der Waals surface area contributed by atoms with Crippen molar-refractivity contribution in [2.24, 2.45) is 0 Å². The van der Waals surface area contributed by atoms with Gasteiger partial charge in [0.25, 0.3) is 0 Å². The van der Waals surface area contributed by atoms with Gasteiger partial charge in [-0.15, -0.1) is 0 Å². The van der Waals surface area contributed by atoms with Crippen LogP contribution in [0, 0.1) is 5.82 Å². The van der Waals surface area contributed by atoms with E-state index in [1.54, 1.807) is 0 Å². The van der Waals surface area contributed by atoms with Gasteiger partial charge in [0.05, 0.1) is 10.5 Å². The van der Waals surface area contributed by atoms with Gasteiger partial charge in [-0.1, -0.05) is 0 Å². The number of nitrogens with zero attached hydrogens (tertiary/aromatic N) is 1. The van der Waals surface area contributed by atoms with Crippen LogP contribution in [0.2, 0.25) is 0 Å². The van der Waals surface area contributed by atoms with E-state index in [1.807, 2.05) is 0 Å². The molecule has 0 aliphatic carbocycles. The van der Waals surface area contributed by atoms with Gasteiger partial charge in [0.2, 0.25) is 10.0 Å². The van der Waals surface area contributed by atoms with Gasteiger partial charge in [0, 0.05) is 26.2 Å². The number of rotatable bonds is 3. The SMILES string of the molecule is O=C(O)c1cc(S(=O)(=O)N2CCNCC2)ccc1F. The molecular weight excluding hydrogens is 275 g/mol. The van der Waals surface area contributed by atoms with E-state index in [0.717, 1.165) is 18.2 Å². The Hall–Kier alpha value is -1.51. The van der Waals surface area contributed by atoms with Crippen LogP contribution < -0.4 is 5.32 Å². The van der Waals surface area contributed by atoms with E-state index < -0.39 is 27.4 Å². The molecule has 0 amide bonds. The van der Waals surface area contributed by atoms with Crippen LogP contribution in [0.5, 0.6) is 0 Å². The second-order valence-corrected chi connectivity index (χ2v) is 6.04. The molecule has 104 valence electrons. The summed E-state index contributed by atoms with van der Waals surface area (Å²) in [6.45, 7) is 1.68. The average Bonchev–Trinajstić information content (AvgIpc) is 2.39. The molecule has 1 aliphatic heterocycles. The summed E-state index contributed by atoms with van der Waals surface area (Å²) < 4.78 is 39.0. The van der Waals surface area contributed by atoms with Crippen molar-refractivity contribution in [2.45, 2.75) is 4.90 Å². The Morgan fingerprint density at radius 2 is 1.95 bits per heavy atom. The lowest BCUT2D eigenvalue weighted by atomic mass is 10.2. The van der Waals surface area contributed by atoms with Gasteiger partial charge >= 0.3 is 5.97 Å². The number of sulfonamides is 1. The van der Waals surface area contributed by atoms with Crippen molar-refractivity contribution in [2.75, 3.05) is 26.2 Å². The quantitative estimate of drug-likeness (QED) is 0.825. The number of halogens is 1. The maximum absolute atomic E-state index is 13.3. The highest BCUT2D eigenvalue weighted by atomic mass is 32.2. The Kier molecular flexibility index (Phi) is 3.83. The number of piperazine rings is 1. The van der Waals surface area contributed by atoms with E-state index in [1.165, 1.54) is 4.31 Å². The van der Waals surface area contributed by atoms with Crippen LogP contribution in [0.4, 0.5) is 4.39 Å². The van der Waals surface area contributed by atoms with Gasteiger partial charge in [-0.3, -0.25) is 0 Å². The molecular formula is C11H13FN2O4S. The standard InChI is InChI=1S/C11H13FN2O4S/c12-10-2-1-8(7-9(10)11(15)16)19(17,18)14-5-3-13-4-6-14/h1-2,7,13H,3-6H2,(H,15,16). The molecule has 19 heavy (non-hydrogen) atoms. The van der Waals surface area contributed by atoms with E-state index in [2.05, 4.69) is 5.32 Å². The predicted molar refractivity (Wildman–Crippen MR) is 65.0 cm³/mol. The third-order valence-electron chi connectivity index (χ3n) is 2.88. The fraction of sp³-hybridized carbons (Fsp3) is 0.364. The third kappa shape index (κ3) is 2.75. The van der Waals surface area contributed by atoms with E-state index in [0.29, 0.717) is 26.2 Å². The second-order valence-electron chi connectivity index (χ2n) is 4.10. The first-order chi connectivity index (χ1) is 8.93. The zero-order valence-corrected chi connectivity index (χ0v) is 10.8. The van der Waals surface area contributed by atoms with E-state index in [-0.39, 0.29) is 4.90 Å². The van der Waals surface area contributed by atoms with Gasteiger partial charge in [-0.2, -0.15) is 4.31 Å². The molecule has 1 aromatic rings. The van der Waals surface area contributed by atoms with Crippen molar-refractivity contribution >= 4 is 16.0 Å². The lowest BCUT2D eigenvalue weighted by Crippen LogP contribution is -2.46. The summed E-state index contributed by atoms with van der Waals surface area (Å²) in [6, 6.07) is 2.80. The Bertz CT molecular complexity index is 597. The molecule has 1 fully saturated rings. The summed E-state index contributed by atoms with van der Waals surface area (Å²) >= 11 is 0. The Balaban J connectivity index is 2.40. The van der Waals surface area contributed by atoms with Gasteiger partial charge in [0.1, 0.15) is 5.82 Å². The monoisotopic (exact) mass is 288 g/mol. The van der Waals surface area contributed by atoms with Crippen LogP contribution in [0.25, 0.3) is 0 Å². The fourth-order valence-corrected chi connectivity index (χ4v) is 3.33. The molecule has 0 aromatic heterocycles. The molecule has 2 N–H and O–H groups in total. The number of benzene rings is 1. The number of carbonyl (C=O) groups is 1. The van der Waals surface area contributed by atoms with Crippen molar-refractivity contribution < 1.29 is 22.7 Å². The minimum atomic E-state index is -3.77. The molecule has 8 heteroatoms. The smallest absolute Gasteiger partial charge is 0.338 e. The number of carboxylic acid groups (broad SMARTS) is 1. The second kappa shape index (κ2) is 5.24. The fourth-order valence-electron chi connectivity index (χ4n) is 1.86. The number of nitrogens with one attached hydrogen (secondary N) is 1. The maximum atomic E-state index is 13.3. The molecule has 2 rings (SSSR count). The summed E-state index contributed by atoms with van der Waals surface area (Å²) in [6.07, 6.45) is 0. The average molecular weight is 288 g/mol. The third-order valence-corrected chi connectivity index (χ3v) is 4.78. The van der Waals surface area contributed by atoms with Crippen LogP contribution in [-0.4, -0.2) is 50.0 Å². The van der Waals surface area contributed by atoms with E-state index in [9.17, 15) is 17.6 Å². The molecule has 1 aromatic carbocycles. The Morgan fingerprint density at radius 1 is 1.32 bits per heavy atom. The molecule has 6 nitrogen and oxygen atoms in total. The van der Waals surface area contributed by atoms with Crippen LogP contribution in [-0.2, 0) is 10.0 Å². The predicted octanol–water partition coefficient (Wildman–Crippen LogP) is 0.118. The zero-order valence-electron chi connectivity index (χ0n) is 9.97. The minimum Gasteiger partial charge on any atom is -0.478 e. The molecule has 0 unspecified atom stereocenters. The van der Waals surface area contributed by atoms with Crippen molar-refractivity contribution in [1.82, 2.24) is 9.62 Å². The minimum absolute atomic E-state index is 0.201. The number of hydrogen-bond acceptors (Lipinski definition) is 4. The van der Waals surface area contributed by atoms with Crippen LogP contribution in [0.3, 0.4) is 0 Å². The highest BCUT2D eigenvalue weighted by Gasteiger charge is 2.27. The van der Waals surface area contributed by atoms with Gasteiger partial charge < -0.3 is 10.4 Å². The number of aromatic carboxylic acids is 1. The largest absolute Gasteiger partial charge is 0.478 e. The summed E-state index contributed by atoms with van der Waals surface area (Å²) in [7, 11) is -3.77. The Morgan fingerprint density at radius 3 is 2.53 bits per heavy atom. The Labute approximate surface area is 109 Å². The van der Waals surface area contributed by atoms with Gasteiger partial charge in [0.15, 0.2) is 0 Å². The van der Waals surface area contributed by atoms with Gasteiger partial charge in [-0.05, 0) is 18.2 Å². The summed E-state index contributed by atoms with van der Waals surface area (Å²) in [5.41, 5.74) is -0.642. The molecule has 1 heterocycles. The summed E-state index contributed by atoms with van der Waals surface area (Å²) in [4.78, 5) is 10.6. The number of carboxylic acids is 1. The highest BCUT2D eigenvalue weighted by molar-refractivity contribution is 7.89. The van der Waals surface area contributed by atoms with Crippen molar-refractivity contribution in [3.8, 4) is 0 Å². The molecule has 0 radical (unpaired) electrons. The molecule has 0 spiro atoms.